The van der Waals surface area contributed by atoms with Crippen LogP contribution in [0.3, 0.4) is 0 Å². The third-order valence-corrected chi connectivity index (χ3v) is 9.51. The van der Waals surface area contributed by atoms with Crippen LogP contribution >= 0.6 is 0 Å². The van der Waals surface area contributed by atoms with Gasteiger partial charge in [-0.2, -0.15) is 4.98 Å². The zero-order valence-corrected chi connectivity index (χ0v) is 26.7. The molecule has 3 aliphatic rings. The highest BCUT2D eigenvalue weighted by atomic mass is 16.7. The average Bonchev–Trinajstić information content (AvgIpc) is 3.79. The number of ether oxygens (including phenoxy) is 5. The molecule has 0 radical (unpaired) electrons. The van der Waals surface area contributed by atoms with Gasteiger partial charge in [-0.05, 0) is 44.5 Å². The van der Waals surface area contributed by atoms with E-state index in [1.165, 1.54) is 6.33 Å². The van der Waals surface area contributed by atoms with E-state index < -0.39 is 36.4 Å². The lowest BCUT2D eigenvalue weighted by Crippen LogP contribution is -2.33. The van der Waals surface area contributed by atoms with Gasteiger partial charge in [0.1, 0.15) is 44.6 Å². The summed E-state index contributed by atoms with van der Waals surface area (Å²) in [6.45, 7) is -0.200. The molecular weight excluding hydrogens is 640 g/mol. The molecule has 1 aliphatic heterocycles. The Morgan fingerprint density at radius 2 is 1.16 bits per heavy atom. The molecule has 252 valence electrons. The second-order valence-electron chi connectivity index (χ2n) is 12.3. The highest BCUT2D eigenvalue weighted by Gasteiger charge is 2.41. The predicted octanol–water partition coefficient (Wildman–Crippen LogP) is 5.81. The van der Waals surface area contributed by atoms with Crippen LogP contribution in [-0.2, 0) is 23.7 Å². The van der Waals surface area contributed by atoms with Crippen LogP contribution in [0.2, 0.25) is 0 Å². The van der Waals surface area contributed by atoms with Crippen molar-refractivity contribution in [3.8, 4) is 22.3 Å². The molecule has 50 heavy (non-hydrogen) atoms. The van der Waals surface area contributed by atoms with Gasteiger partial charge in [0.15, 0.2) is 0 Å². The molecule has 0 unspecified atom stereocenters. The fourth-order valence-electron chi connectivity index (χ4n) is 7.23. The number of carbonyl (C=O) groups excluding carboxylic acids is 2. The van der Waals surface area contributed by atoms with E-state index in [4.69, 9.17) is 29.4 Å². The molecule has 0 spiro atoms. The fraction of sp³-hybridized carbons (Fsp3) is 0.237. The maximum atomic E-state index is 13.1. The molecule has 0 bridgehead atoms. The number of carbonyl (C=O) groups is 2. The number of fused-ring (bicyclic) bond motifs is 6. The van der Waals surface area contributed by atoms with Crippen LogP contribution in [0.5, 0.6) is 0 Å². The predicted molar refractivity (Wildman–Crippen MR) is 180 cm³/mol. The van der Waals surface area contributed by atoms with Crippen LogP contribution in [0.15, 0.2) is 108 Å². The average molecular weight is 673 g/mol. The van der Waals surface area contributed by atoms with Gasteiger partial charge in [0.05, 0.1) is 0 Å². The van der Waals surface area contributed by atoms with Crippen LogP contribution < -0.4 is 11.4 Å². The second kappa shape index (κ2) is 13.1. The minimum atomic E-state index is -0.953. The Hall–Kier alpha value is -6.01. The third-order valence-electron chi connectivity index (χ3n) is 9.51. The molecule has 4 aromatic carbocycles. The summed E-state index contributed by atoms with van der Waals surface area (Å²) in [6, 6.07) is 32.0. The monoisotopic (exact) mass is 672 g/mol. The third kappa shape index (κ3) is 5.83. The normalized spacial score (nSPS) is 18.8. The van der Waals surface area contributed by atoms with E-state index in [-0.39, 0.29) is 44.0 Å². The van der Waals surface area contributed by atoms with E-state index in [2.05, 4.69) is 22.1 Å². The Balaban J connectivity index is 0.930. The van der Waals surface area contributed by atoms with E-state index in [0.717, 1.165) is 49.1 Å². The number of benzene rings is 4. The van der Waals surface area contributed by atoms with Gasteiger partial charge in [-0.1, -0.05) is 97.1 Å². The molecule has 0 amide bonds. The number of aromatic nitrogens is 3. The summed E-state index contributed by atoms with van der Waals surface area (Å²) < 4.78 is 29.6. The lowest BCUT2D eigenvalue weighted by Gasteiger charge is -2.20. The minimum absolute atomic E-state index is 0.0378. The van der Waals surface area contributed by atoms with E-state index in [9.17, 15) is 14.4 Å². The molecule has 2 N–H and O–H groups in total. The first-order valence-electron chi connectivity index (χ1n) is 16.3. The van der Waals surface area contributed by atoms with Crippen molar-refractivity contribution in [2.45, 2.75) is 36.7 Å². The largest absolute Gasteiger partial charge is 0.508 e. The summed E-state index contributed by atoms with van der Waals surface area (Å²) in [4.78, 5) is 46.1. The fourth-order valence-corrected chi connectivity index (χ4v) is 7.23. The van der Waals surface area contributed by atoms with Crippen LogP contribution in [0.25, 0.3) is 22.3 Å². The van der Waals surface area contributed by atoms with Crippen LogP contribution in [0.1, 0.15) is 46.7 Å². The number of nitrogens with zero attached hydrogens (tertiary/aromatic N) is 3. The van der Waals surface area contributed by atoms with E-state index in [1.54, 1.807) is 0 Å². The van der Waals surface area contributed by atoms with Crippen molar-refractivity contribution in [2.75, 3.05) is 25.6 Å². The molecule has 12 nitrogen and oxygen atoms in total. The summed E-state index contributed by atoms with van der Waals surface area (Å²) in [5.74, 6) is -0.504. The Morgan fingerprint density at radius 3 is 1.66 bits per heavy atom. The molecule has 3 atom stereocenters. The SMILES string of the molecule is Nc1ncn([C@H]2C[C@H](OC(=O)OCC3c4ccccc4-c4ccccc43)[C@@H](COC(=O)OCC3c4ccccc4-c4ccccc43)O2)c(=O)n1. The standard InChI is InChI=1S/C38H32N4O8/c39-35-40-21-42(36(43)41-35)34-17-32(50-38(45)47-19-31-28-15-7-3-11-24(28)25-12-4-8-16-29(25)31)33(49-34)20-48-37(44)46-18-30-26-13-5-1-9-22(26)23-10-2-6-14-27(23)30/h1-16,21,30-34H,17-20H2,(H2,39,41,43)/t32-,33+,34+/m0/s1. The lowest BCUT2D eigenvalue weighted by atomic mass is 9.98. The molecule has 12 heteroatoms. The first kappa shape index (κ1) is 31.3. The summed E-state index contributed by atoms with van der Waals surface area (Å²) in [6.07, 6.45) is -3.41. The van der Waals surface area contributed by atoms with Crippen molar-refractivity contribution in [2.24, 2.45) is 0 Å². The van der Waals surface area contributed by atoms with Crippen molar-refractivity contribution in [1.29, 1.82) is 0 Å². The number of anilines is 1. The number of hydrogen-bond donors (Lipinski definition) is 1. The van der Waals surface area contributed by atoms with Crippen molar-refractivity contribution in [3.05, 3.63) is 136 Å². The van der Waals surface area contributed by atoms with Crippen molar-refractivity contribution in [3.63, 3.8) is 0 Å². The van der Waals surface area contributed by atoms with Crippen LogP contribution in [0.4, 0.5) is 15.5 Å². The first-order valence-corrected chi connectivity index (χ1v) is 16.3. The number of nitrogen functional groups attached to an aromatic ring is 1. The Bertz CT molecular complexity index is 2060. The molecule has 1 saturated heterocycles. The molecule has 1 fully saturated rings. The van der Waals surface area contributed by atoms with Crippen molar-refractivity contribution in [1.82, 2.24) is 14.5 Å². The zero-order valence-electron chi connectivity index (χ0n) is 26.7. The van der Waals surface area contributed by atoms with Gasteiger partial charge >= 0.3 is 18.0 Å². The van der Waals surface area contributed by atoms with Gasteiger partial charge in [0, 0.05) is 18.3 Å². The highest BCUT2D eigenvalue weighted by molar-refractivity contribution is 5.80. The first-order chi connectivity index (χ1) is 24.4. The van der Waals surface area contributed by atoms with E-state index in [0.29, 0.717) is 0 Å². The summed E-state index contributed by atoms with van der Waals surface area (Å²) in [5.41, 5.74) is 13.5. The topological polar surface area (TPSA) is 154 Å². The van der Waals surface area contributed by atoms with Gasteiger partial charge in [-0.25, -0.2) is 19.4 Å². The maximum Gasteiger partial charge on any atom is 0.508 e. The molecule has 1 aromatic heterocycles. The van der Waals surface area contributed by atoms with E-state index >= 15 is 0 Å². The maximum absolute atomic E-state index is 13.1. The van der Waals surface area contributed by atoms with Gasteiger partial charge in [-0.3, -0.25) is 4.57 Å². The Morgan fingerprint density at radius 1 is 0.700 bits per heavy atom. The van der Waals surface area contributed by atoms with Crippen molar-refractivity contribution >= 4 is 18.3 Å². The molecule has 2 aliphatic carbocycles. The quantitative estimate of drug-likeness (QED) is 0.199. The van der Waals surface area contributed by atoms with E-state index in [1.807, 2.05) is 84.9 Å². The zero-order chi connectivity index (χ0) is 34.2. The Kier molecular flexibility index (Phi) is 8.21. The lowest BCUT2D eigenvalue weighted by molar-refractivity contribution is -0.0680. The van der Waals surface area contributed by atoms with Gasteiger partial charge in [-0.15, -0.1) is 0 Å². The summed E-state index contributed by atoms with van der Waals surface area (Å²) >= 11 is 0. The van der Waals surface area contributed by atoms with Gasteiger partial charge < -0.3 is 29.4 Å². The molecule has 2 heterocycles. The summed E-state index contributed by atoms with van der Waals surface area (Å²) in [7, 11) is 0. The second-order valence-corrected chi connectivity index (χ2v) is 12.3. The molecular formula is C38H32N4O8. The number of rotatable bonds is 8. The summed E-state index contributed by atoms with van der Waals surface area (Å²) in [5, 5.41) is 0. The van der Waals surface area contributed by atoms with Gasteiger partial charge in [0.25, 0.3) is 0 Å². The van der Waals surface area contributed by atoms with Crippen LogP contribution in [-0.4, -0.2) is 58.9 Å². The van der Waals surface area contributed by atoms with Crippen LogP contribution in [0, 0.1) is 0 Å². The number of hydrogen-bond acceptors (Lipinski definition) is 11. The van der Waals surface area contributed by atoms with Gasteiger partial charge in [0.2, 0.25) is 5.95 Å². The molecule has 8 rings (SSSR count). The highest BCUT2D eigenvalue weighted by Crippen LogP contribution is 2.46. The molecule has 5 aromatic rings. The molecule has 0 saturated carbocycles. The van der Waals surface area contributed by atoms with Crippen molar-refractivity contribution < 1.29 is 33.3 Å². The Labute approximate surface area is 286 Å². The minimum Gasteiger partial charge on any atom is -0.433 e. The number of nitrogens with two attached hydrogens (primary N) is 1. The smallest absolute Gasteiger partial charge is 0.433 e.